The van der Waals surface area contributed by atoms with E-state index in [1.54, 1.807) is 24.3 Å². The van der Waals surface area contributed by atoms with Crippen LogP contribution in [0, 0.1) is 54.0 Å². The Balaban J connectivity index is 0.000000220. The lowest BCUT2D eigenvalue weighted by atomic mass is 10.1. The second-order valence-electron chi connectivity index (χ2n) is 33.5. The number of nitro groups is 3. The van der Waals surface area contributed by atoms with Crippen molar-refractivity contribution >= 4 is 114 Å². The topological polar surface area (TPSA) is 478 Å². The first-order valence-corrected chi connectivity index (χ1v) is 44.6. The van der Waals surface area contributed by atoms with Gasteiger partial charge in [0.1, 0.15) is 28.7 Å². The predicted octanol–water partition coefficient (Wildman–Crippen LogP) is 20.4. The van der Waals surface area contributed by atoms with Gasteiger partial charge in [-0.25, -0.2) is 0 Å². The normalized spacial score (nSPS) is 10.8. The van der Waals surface area contributed by atoms with E-state index in [2.05, 4.69) is 45.6 Å². The van der Waals surface area contributed by atoms with Crippen molar-refractivity contribution in [2.45, 2.75) is 108 Å². The number of hydrogen-bond donors (Lipinski definition) is 8. The van der Waals surface area contributed by atoms with Gasteiger partial charge in [-0.05, 0) is 178 Å². The first-order chi connectivity index (χ1) is 65.6. The summed E-state index contributed by atoms with van der Waals surface area (Å²) in [5, 5.41) is 53.0. The van der Waals surface area contributed by atoms with Crippen molar-refractivity contribution < 1.29 is 91.0 Å². The first kappa shape index (κ1) is 103. The minimum absolute atomic E-state index is 0.0134. The number of ether oxygens (including phenoxy) is 8. The van der Waals surface area contributed by atoms with E-state index in [1.165, 1.54) is 121 Å². The molecule has 12 aromatic rings. The van der Waals surface area contributed by atoms with E-state index >= 15 is 0 Å². The molecule has 0 aliphatic heterocycles. The van der Waals surface area contributed by atoms with Crippen molar-refractivity contribution in [1.82, 2.24) is 0 Å². The fourth-order valence-corrected chi connectivity index (χ4v) is 13.3. The first-order valence-electron chi connectivity index (χ1n) is 44.6. The number of unbranched alkanes of at least 4 members (excludes halogenated alkanes) is 2. The Morgan fingerprint density at radius 2 is 0.526 bits per heavy atom. The van der Waals surface area contributed by atoms with Crippen molar-refractivity contribution in [1.29, 1.82) is 0 Å². The third kappa shape index (κ3) is 30.3. The molecule has 0 radical (unpaired) electrons. The van der Waals surface area contributed by atoms with Gasteiger partial charge in [-0.1, -0.05) is 167 Å². The minimum atomic E-state index is -0.639. The molecular formula is C104H111N11O22. The number of carbonyl (C=O) groups excluding carboxylic acids is 8. The maximum Gasteiger partial charge on any atom is 0.310 e. The number of benzene rings is 12. The molecular weight excluding hydrogens is 1760 g/mol. The fourth-order valence-electron chi connectivity index (χ4n) is 13.3. The number of primary amides is 3. The molecule has 11 N–H and O–H groups in total. The average Bonchev–Trinajstić information content (AvgIpc) is 0.802. The summed E-state index contributed by atoms with van der Waals surface area (Å²) in [6.45, 7) is 21.8. The third-order valence-electron chi connectivity index (χ3n) is 20.5. The summed E-state index contributed by atoms with van der Waals surface area (Å²) in [5.41, 5.74) is 20.9. The molecule has 0 atom stereocenters. The molecule has 8 amide bonds. The molecule has 0 heterocycles. The molecule has 33 heteroatoms. The van der Waals surface area contributed by atoms with Crippen LogP contribution in [0.5, 0.6) is 46.0 Å². The molecule has 33 nitrogen and oxygen atoms in total. The largest absolute Gasteiger partial charge is 0.491 e. The van der Waals surface area contributed by atoms with Crippen molar-refractivity contribution in [3.63, 3.8) is 0 Å². The minimum Gasteiger partial charge on any atom is -0.491 e. The number of nitrogens with zero attached hydrogens (tertiary/aromatic N) is 3. The molecule has 0 aromatic heterocycles. The molecule has 714 valence electrons. The molecule has 0 saturated carbocycles. The number of amides is 8. The van der Waals surface area contributed by atoms with Crippen molar-refractivity contribution in [2.24, 2.45) is 40.9 Å². The standard InChI is InChI=1S/2C41H42N4O8.C22H27N3O6/c1-25(2)23-52-36-20-30(39(42)46)11-14-33(36)43-40(47)31-12-15-34(37(21-31)53-24-26(3)4)44-41(48)32-13-16-35(45(49)50)38(22-32)51-18-17-27-9-10-28-7-5-6-8-29(28)19-27;1-25(2)23-52-37-21-31(12-15-34(37)44-41(48)32-13-16-35(45(49)50)38(22-32)53-24-26(3)4)40(47)43-33-14-11-30(39(42)46)20-36(33)51-18-17-27-9-10-28-7-5-6-8-29(28)19-27;1-3-5-6-12-31-19-13-15(21(23)26)7-9-17(19)24-22(27)16-8-10-18(25(28)29)20(14-16)30-11-4-2/h2*5-16,19-22,25-26H,17-18,23-24H2,1-4H3,(H2,42,46)(H,43,47)(H,44,48);7-10,13-14H,3-6,11-12H2,1-2H3,(H2,23,26)(H,24,27). The van der Waals surface area contributed by atoms with Crippen molar-refractivity contribution in [3.8, 4) is 46.0 Å². The Hall–Kier alpha value is -16.5. The number of rotatable bonds is 44. The average molecular weight is 1870 g/mol. The Bertz CT molecular complexity index is 6390. The summed E-state index contributed by atoms with van der Waals surface area (Å²) in [6.07, 6.45) is 4.58. The van der Waals surface area contributed by atoms with Gasteiger partial charge in [0, 0.05) is 93.7 Å². The van der Waals surface area contributed by atoms with Crippen LogP contribution in [-0.2, 0) is 12.8 Å². The van der Waals surface area contributed by atoms with Gasteiger partial charge in [0.2, 0.25) is 17.7 Å². The van der Waals surface area contributed by atoms with Gasteiger partial charge in [-0.3, -0.25) is 68.7 Å². The van der Waals surface area contributed by atoms with Crippen LogP contribution in [0.4, 0.5) is 45.5 Å². The zero-order valence-corrected chi connectivity index (χ0v) is 77.7. The Labute approximate surface area is 791 Å². The van der Waals surface area contributed by atoms with Crippen LogP contribution in [0.3, 0.4) is 0 Å². The molecule has 0 bridgehead atoms. The van der Waals surface area contributed by atoms with Gasteiger partial charge in [-0.2, -0.15) is 0 Å². The molecule has 0 saturated heterocycles. The van der Waals surface area contributed by atoms with Gasteiger partial charge in [0.15, 0.2) is 17.2 Å². The number of carbonyl (C=O) groups is 8. The van der Waals surface area contributed by atoms with E-state index in [-0.39, 0.29) is 152 Å². The smallest absolute Gasteiger partial charge is 0.310 e. The summed E-state index contributed by atoms with van der Waals surface area (Å²) in [5.74, 6) is -2.56. The summed E-state index contributed by atoms with van der Waals surface area (Å²) in [4.78, 5) is 135. The van der Waals surface area contributed by atoms with E-state index in [9.17, 15) is 68.7 Å². The molecule has 12 aromatic carbocycles. The third-order valence-corrected chi connectivity index (χ3v) is 20.5. The lowest BCUT2D eigenvalue weighted by molar-refractivity contribution is -0.386. The monoisotopic (exact) mass is 1870 g/mol. The maximum absolute atomic E-state index is 13.6. The summed E-state index contributed by atoms with van der Waals surface area (Å²) in [6, 6.07) is 62.7. The lowest BCUT2D eigenvalue weighted by Crippen LogP contribution is -2.17. The number of nitrogens with one attached hydrogen (secondary N) is 5. The number of nitro benzene ring substituents is 3. The molecule has 0 unspecified atom stereocenters. The SMILES string of the molecule is CC(C)COc1cc(C(=O)Nc2ccc(C(N)=O)cc2OCCc2ccc3ccccc3c2)ccc1NC(=O)c1ccc([N+](=O)[O-])c(OCC(C)C)c1.CC(C)COc1cc(C(N)=O)ccc1NC(=O)c1ccc(NC(=O)c2ccc([N+](=O)[O-])c(OCCc3ccc4ccccc4c3)c2)c(OCC(C)C)c1.CCCCCOc1cc(C(N)=O)ccc1NC(=O)c1ccc([N+](=O)[O-])c(OCCC)c1. The summed E-state index contributed by atoms with van der Waals surface area (Å²) < 4.78 is 46.7. The highest BCUT2D eigenvalue weighted by Gasteiger charge is 2.27. The Morgan fingerprint density at radius 1 is 0.277 bits per heavy atom. The van der Waals surface area contributed by atoms with Crippen LogP contribution in [0.2, 0.25) is 0 Å². The van der Waals surface area contributed by atoms with E-state index in [0.29, 0.717) is 79.9 Å². The van der Waals surface area contributed by atoms with Gasteiger partial charge in [0.25, 0.3) is 29.5 Å². The van der Waals surface area contributed by atoms with E-state index in [4.69, 9.17) is 55.1 Å². The number of nitrogens with two attached hydrogens (primary N) is 3. The van der Waals surface area contributed by atoms with Crippen molar-refractivity contribution in [2.75, 3.05) is 79.4 Å². The van der Waals surface area contributed by atoms with E-state index < -0.39 is 62.0 Å². The second-order valence-corrected chi connectivity index (χ2v) is 33.5. The number of anilines is 5. The number of fused-ring (bicyclic) bond motifs is 2. The fraction of sp³-hybridized carbons (Fsp3) is 0.269. The molecule has 0 aliphatic carbocycles. The van der Waals surface area contributed by atoms with Crippen LogP contribution in [0.1, 0.15) is 189 Å². The van der Waals surface area contributed by atoms with Crippen LogP contribution in [0.25, 0.3) is 21.5 Å². The quantitative estimate of drug-likeness (QED) is 0.00998. The second kappa shape index (κ2) is 49.8. The molecule has 0 aliphatic rings. The number of hydrogen-bond acceptors (Lipinski definition) is 22. The highest BCUT2D eigenvalue weighted by molar-refractivity contribution is 6.11. The summed E-state index contributed by atoms with van der Waals surface area (Å²) in [7, 11) is 0. The van der Waals surface area contributed by atoms with E-state index in [0.717, 1.165) is 51.9 Å². The van der Waals surface area contributed by atoms with Gasteiger partial charge in [-0.15, -0.1) is 0 Å². The molecule has 0 fully saturated rings. The van der Waals surface area contributed by atoms with Gasteiger partial charge in [0.05, 0.1) is 96.1 Å². The van der Waals surface area contributed by atoms with Crippen LogP contribution < -0.4 is 81.7 Å². The molecule has 137 heavy (non-hydrogen) atoms. The lowest BCUT2D eigenvalue weighted by Gasteiger charge is -2.17. The van der Waals surface area contributed by atoms with Crippen molar-refractivity contribution in [3.05, 3.63) is 316 Å². The highest BCUT2D eigenvalue weighted by Crippen LogP contribution is 2.38. The van der Waals surface area contributed by atoms with E-state index in [1.807, 2.05) is 135 Å². The molecule has 12 rings (SSSR count). The van der Waals surface area contributed by atoms with Gasteiger partial charge >= 0.3 is 17.1 Å². The summed E-state index contributed by atoms with van der Waals surface area (Å²) >= 11 is 0. The van der Waals surface area contributed by atoms with Crippen LogP contribution >= 0.6 is 0 Å². The van der Waals surface area contributed by atoms with Gasteiger partial charge < -0.3 is 81.7 Å². The van der Waals surface area contributed by atoms with Crippen LogP contribution in [0.15, 0.2) is 231 Å². The highest BCUT2D eigenvalue weighted by atomic mass is 16.6. The Kier molecular flexibility index (Phi) is 37.3. The van der Waals surface area contributed by atoms with Crippen LogP contribution in [-0.4, -0.2) is 115 Å². The Morgan fingerprint density at radius 3 is 0.818 bits per heavy atom. The predicted molar refractivity (Wildman–Crippen MR) is 525 cm³/mol. The zero-order valence-electron chi connectivity index (χ0n) is 77.7. The molecule has 0 spiro atoms. The maximum atomic E-state index is 13.6. The zero-order chi connectivity index (χ0) is 98.9.